The molecule has 0 amide bonds. The van der Waals surface area contributed by atoms with Crippen molar-refractivity contribution in [3.8, 4) is 0 Å². The summed E-state index contributed by atoms with van der Waals surface area (Å²) in [6.07, 6.45) is 3.03. The molecule has 0 saturated carbocycles. The van der Waals surface area contributed by atoms with Crippen molar-refractivity contribution in [1.29, 1.82) is 0 Å². The molecule has 60 valence electrons. The normalized spacial score (nSPS) is 34.2. The molecule has 0 aromatic rings. The molecule has 2 heteroatoms. The Balaban J connectivity index is 2.59. The highest BCUT2D eigenvalue weighted by Gasteiger charge is 2.38. The lowest BCUT2D eigenvalue weighted by Gasteiger charge is -2.26. The second kappa shape index (κ2) is 3.13. The fourth-order valence-electron chi connectivity index (χ4n) is 2.21. The molecule has 1 rings (SSSR count). The predicted octanol–water partition coefficient (Wildman–Crippen LogP) is 3.68. The second-order valence-corrected chi connectivity index (χ2v) is 11.3. The van der Waals surface area contributed by atoms with Crippen LogP contribution in [0.2, 0.25) is 24.7 Å². The first-order valence-corrected chi connectivity index (χ1v) is 8.71. The van der Waals surface area contributed by atoms with Crippen LogP contribution in [0.3, 0.4) is 0 Å². The van der Waals surface area contributed by atoms with E-state index < -0.39 is 8.07 Å². The van der Waals surface area contributed by atoms with Gasteiger partial charge in [-0.25, -0.2) is 0 Å². The standard InChI is InChI=1S/C8H17ISi/c1-7(9)8-5-4-6-10(8,2)3/h7-8H,4-6H2,1-3H3. The van der Waals surface area contributed by atoms with Gasteiger partial charge in [0, 0.05) is 3.92 Å². The number of halogens is 1. The van der Waals surface area contributed by atoms with Gasteiger partial charge in [0.25, 0.3) is 0 Å². The lowest BCUT2D eigenvalue weighted by molar-refractivity contribution is 0.761. The van der Waals surface area contributed by atoms with Gasteiger partial charge in [0.1, 0.15) is 0 Å². The van der Waals surface area contributed by atoms with E-state index >= 15 is 0 Å². The Morgan fingerprint density at radius 1 is 1.50 bits per heavy atom. The van der Waals surface area contributed by atoms with Gasteiger partial charge in [0.15, 0.2) is 0 Å². The van der Waals surface area contributed by atoms with E-state index in [1.54, 1.807) is 6.04 Å². The van der Waals surface area contributed by atoms with Crippen LogP contribution in [0.1, 0.15) is 19.8 Å². The average Bonchev–Trinajstić information content (AvgIpc) is 2.08. The maximum atomic E-state index is 2.60. The zero-order valence-corrected chi connectivity index (χ0v) is 10.3. The highest BCUT2D eigenvalue weighted by molar-refractivity contribution is 14.1. The monoisotopic (exact) mass is 268 g/mol. The van der Waals surface area contributed by atoms with Gasteiger partial charge in [0.2, 0.25) is 0 Å². The third-order valence-corrected chi connectivity index (χ3v) is 8.88. The predicted molar refractivity (Wildman–Crippen MR) is 58.8 cm³/mol. The van der Waals surface area contributed by atoms with Crippen LogP contribution >= 0.6 is 22.6 Å². The van der Waals surface area contributed by atoms with Crippen molar-refractivity contribution < 1.29 is 0 Å². The largest absolute Gasteiger partial charge is 0.0829 e. The van der Waals surface area contributed by atoms with Gasteiger partial charge in [-0.3, -0.25) is 0 Å². The third-order valence-electron chi connectivity index (χ3n) is 2.89. The summed E-state index contributed by atoms with van der Waals surface area (Å²) in [4.78, 5) is 0. The first kappa shape index (κ1) is 9.04. The molecule has 0 aliphatic carbocycles. The topological polar surface area (TPSA) is 0 Å². The lowest BCUT2D eigenvalue weighted by Crippen LogP contribution is -2.30. The minimum absolute atomic E-state index is 0.740. The summed E-state index contributed by atoms with van der Waals surface area (Å²) >= 11 is 2.60. The maximum Gasteiger partial charge on any atom is 0.0515 e. The molecule has 10 heavy (non-hydrogen) atoms. The molecule has 0 N–H and O–H groups in total. The smallest absolute Gasteiger partial charge is 0.0515 e. The molecule has 0 aromatic heterocycles. The molecular weight excluding hydrogens is 251 g/mol. The zero-order chi connectivity index (χ0) is 7.78. The SMILES string of the molecule is CC(I)C1CCC[Si]1(C)C. The molecule has 0 spiro atoms. The van der Waals surface area contributed by atoms with Crippen LogP contribution in [0.5, 0.6) is 0 Å². The van der Waals surface area contributed by atoms with Crippen LogP contribution in [0, 0.1) is 0 Å². The van der Waals surface area contributed by atoms with E-state index in [2.05, 4.69) is 42.6 Å². The van der Waals surface area contributed by atoms with Crippen LogP contribution in [0.25, 0.3) is 0 Å². The molecule has 0 bridgehead atoms. The molecule has 0 aromatic carbocycles. The fourth-order valence-corrected chi connectivity index (χ4v) is 9.20. The summed E-state index contributed by atoms with van der Waals surface area (Å²) in [6.45, 7) is 7.49. The Hall–Kier alpha value is 0.947. The van der Waals surface area contributed by atoms with E-state index in [0.717, 1.165) is 9.47 Å². The quantitative estimate of drug-likeness (QED) is 0.386. The Morgan fingerprint density at radius 3 is 2.30 bits per heavy atom. The van der Waals surface area contributed by atoms with Crippen molar-refractivity contribution in [3.63, 3.8) is 0 Å². The minimum Gasteiger partial charge on any atom is -0.0829 e. The highest BCUT2D eigenvalue weighted by Crippen LogP contribution is 2.44. The first-order valence-electron chi connectivity index (χ1n) is 4.18. The fraction of sp³-hybridized carbons (Fsp3) is 1.00. The summed E-state index contributed by atoms with van der Waals surface area (Å²) in [5, 5.41) is 0. The van der Waals surface area contributed by atoms with Gasteiger partial charge in [-0.1, -0.05) is 61.5 Å². The van der Waals surface area contributed by atoms with E-state index in [-0.39, 0.29) is 0 Å². The van der Waals surface area contributed by atoms with Crippen LogP contribution in [0.15, 0.2) is 0 Å². The molecule has 0 radical (unpaired) electrons. The number of hydrogen-bond donors (Lipinski definition) is 0. The molecule has 1 aliphatic rings. The summed E-state index contributed by atoms with van der Waals surface area (Å²) in [5.74, 6) is 0. The molecule has 2 unspecified atom stereocenters. The van der Waals surface area contributed by atoms with E-state index in [1.807, 2.05) is 0 Å². The first-order chi connectivity index (χ1) is 4.54. The molecule has 1 aliphatic heterocycles. The number of rotatable bonds is 1. The Labute approximate surface area is 78.9 Å². The molecule has 1 saturated heterocycles. The zero-order valence-electron chi connectivity index (χ0n) is 7.15. The minimum atomic E-state index is -0.740. The summed E-state index contributed by atoms with van der Waals surface area (Å²) in [5.41, 5.74) is 1.10. The molecule has 1 heterocycles. The van der Waals surface area contributed by atoms with Crippen LogP contribution in [0.4, 0.5) is 0 Å². The van der Waals surface area contributed by atoms with Gasteiger partial charge in [-0.2, -0.15) is 0 Å². The Bertz CT molecular complexity index is 120. The van der Waals surface area contributed by atoms with Crippen molar-refractivity contribution in [3.05, 3.63) is 0 Å². The lowest BCUT2D eigenvalue weighted by atomic mass is 10.2. The van der Waals surface area contributed by atoms with E-state index in [1.165, 1.54) is 12.8 Å². The van der Waals surface area contributed by atoms with Gasteiger partial charge >= 0.3 is 0 Å². The van der Waals surface area contributed by atoms with Gasteiger partial charge in [0.05, 0.1) is 8.07 Å². The average molecular weight is 268 g/mol. The maximum absolute atomic E-state index is 2.60. The molecule has 1 fully saturated rings. The number of hydrogen-bond acceptors (Lipinski definition) is 0. The van der Waals surface area contributed by atoms with Gasteiger partial charge < -0.3 is 0 Å². The molecule has 2 atom stereocenters. The van der Waals surface area contributed by atoms with Crippen LogP contribution < -0.4 is 0 Å². The molecular formula is C8H17ISi. The summed E-state index contributed by atoms with van der Waals surface area (Å²) in [6, 6.07) is 1.57. The van der Waals surface area contributed by atoms with Gasteiger partial charge in [-0.05, 0) is 5.54 Å². The van der Waals surface area contributed by atoms with Crippen LogP contribution in [-0.4, -0.2) is 12.0 Å². The van der Waals surface area contributed by atoms with Crippen molar-refractivity contribution in [2.45, 2.75) is 48.4 Å². The van der Waals surface area contributed by atoms with Crippen molar-refractivity contribution in [2.75, 3.05) is 0 Å². The van der Waals surface area contributed by atoms with Crippen molar-refractivity contribution in [1.82, 2.24) is 0 Å². The Kier molecular flexibility index (Phi) is 2.83. The van der Waals surface area contributed by atoms with Crippen molar-refractivity contribution >= 4 is 30.7 Å². The van der Waals surface area contributed by atoms with E-state index in [4.69, 9.17) is 0 Å². The van der Waals surface area contributed by atoms with Gasteiger partial charge in [-0.15, -0.1) is 0 Å². The Morgan fingerprint density at radius 2 is 2.10 bits per heavy atom. The third kappa shape index (κ3) is 1.75. The highest BCUT2D eigenvalue weighted by atomic mass is 127. The molecule has 0 nitrogen and oxygen atoms in total. The van der Waals surface area contributed by atoms with Crippen molar-refractivity contribution in [2.24, 2.45) is 0 Å². The number of alkyl halides is 1. The van der Waals surface area contributed by atoms with Crippen LogP contribution in [-0.2, 0) is 0 Å². The second-order valence-electron chi connectivity index (χ2n) is 4.16. The summed E-state index contributed by atoms with van der Waals surface area (Å²) in [7, 11) is -0.740. The van der Waals surface area contributed by atoms with E-state index in [9.17, 15) is 0 Å². The summed E-state index contributed by atoms with van der Waals surface area (Å²) < 4.78 is 0.918. The van der Waals surface area contributed by atoms with E-state index in [0.29, 0.717) is 0 Å².